The van der Waals surface area contributed by atoms with Crippen LogP contribution >= 0.6 is 11.3 Å². The van der Waals surface area contributed by atoms with Crippen LogP contribution in [0.4, 0.5) is 0 Å². The molecule has 1 N–H and O–H groups in total. The summed E-state index contributed by atoms with van der Waals surface area (Å²) in [6.07, 6.45) is 1.61. The lowest BCUT2D eigenvalue weighted by Gasteiger charge is -2.23. The molecule has 3 heterocycles. The second-order valence-corrected chi connectivity index (χ2v) is 14.7. The Kier molecular flexibility index (Phi) is 8.69. The van der Waals surface area contributed by atoms with Gasteiger partial charge in [0.05, 0.1) is 17.4 Å². The lowest BCUT2D eigenvalue weighted by molar-refractivity contribution is 0.189. The molecule has 10 heteroatoms. The monoisotopic (exact) mass is 626 g/mol. The average Bonchev–Trinajstić information content (AvgIpc) is 3.64. The van der Waals surface area contributed by atoms with E-state index in [1.807, 2.05) is 37.3 Å². The highest BCUT2D eigenvalue weighted by Gasteiger charge is 2.25. The van der Waals surface area contributed by atoms with Gasteiger partial charge in [-0.25, -0.2) is 8.42 Å². The van der Waals surface area contributed by atoms with Crippen molar-refractivity contribution >= 4 is 31.3 Å². The van der Waals surface area contributed by atoms with Crippen LogP contribution in [0.15, 0.2) is 60.7 Å². The number of ether oxygens (including phenoxy) is 2. The largest absolute Gasteiger partial charge is 0.490 e. The number of fused-ring (bicyclic) bond motifs is 1. The molecule has 6 rings (SSSR count). The first kappa shape index (κ1) is 29.9. The molecule has 5 aromatic rings. The zero-order chi connectivity index (χ0) is 30.7. The SMILES string of the molecule is CC#CC(Cc1nn[nH]n1)c1ccc(OCc2ccc3sc(C)c(-c4ccc(OC5CCS(=O)(=O)CC5)cc4C)c3c2)cc1. The third-order valence-corrected chi connectivity index (χ3v) is 10.8. The molecular formula is C34H34N4O4S2. The minimum atomic E-state index is -2.92. The van der Waals surface area contributed by atoms with Crippen LogP contribution in [0.1, 0.15) is 53.1 Å². The maximum absolute atomic E-state index is 11.8. The molecule has 0 spiro atoms. The second-order valence-electron chi connectivity index (χ2n) is 11.1. The summed E-state index contributed by atoms with van der Waals surface area (Å²) in [5.41, 5.74) is 5.70. The predicted molar refractivity (Wildman–Crippen MR) is 174 cm³/mol. The fourth-order valence-electron chi connectivity index (χ4n) is 5.70. The second kappa shape index (κ2) is 12.8. The van der Waals surface area contributed by atoms with Crippen LogP contribution < -0.4 is 9.47 Å². The maximum Gasteiger partial charge on any atom is 0.176 e. The van der Waals surface area contributed by atoms with E-state index < -0.39 is 9.84 Å². The number of thiophene rings is 1. The standard InChI is InChI=1S/C34H34N4O4S2/c1-4-5-26(20-33-35-37-38-36-33)25-7-9-27(10-8-25)41-21-24-6-13-32-31(19-24)34(23(3)43-32)30-12-11-29(18-22(30)2)42-28-14-16-44(39,40)17-15-28/h6-13,18-19,26,28H,14-17,20-21H2,1-3H3,(H,35,36,37,38). The van der Waals surface area contributed by atoms with Crippen molar-refractivity contribution in [3.8, 4) is 34.5 Å². The van der Waals surface area contributed by atoms with E-state index in [0.717, 1.165) is 28.2 Å². The molecule has 226 valence electrons. The third kappa shape index (κ3) is 6.79. The molecule has 2 aromatic heterocycles. The minimum Gasteiger partial charge on any atom is -0.490 e. The van der Waals surface area contributed by atoms with Crippen molar-refractivity contribution in [2.75, 3.05) is 11.5 Å². The van der Waals surface area contributed by atoms with Crippen molar-refractivity contribution in [3.05, 3.63) is 88.1 Å². The molecule has 3 aromatic carbocycles. The Bertz CT molecular complexity index is 1930. The van der Waals surface area contributed by atoms with Crippen LogP contribution in [0.25, 0.3) is 21.2 Å². The molecule has 0 bridgehead atoms. The molecular weight excluding hydrogens is 593 g/mol. The summed E-state index contributed by atoms with van der Waals surface area (Å²) in [5.74, 6) is 8.83. The molecule has 8 nitrogen and oxygen atoms in total. The number of hydrogen-bond acceptors (Lipinski definition) is 8. The Hall–Kier alpha value is -4.20. The van der Waals surface area contributed by atoms with Crippen molar-refractivity contribution in [1.29, 1.82) is 0 Å². The first-order chi connectivity index (χ1) is 21.3. The van der Waals surface area contributed by atoms with Gasteiger partial charge in [0.25, 0.3) is 0 Å². The number of hydrogen-bond donors (Lipinski definition) is 1. The van der Waals surface area contributed by atoms with Gasteiger partial charge >= 0.3 is 0 Å². The highest BCUT2D eigenvalue weighted by atomic mass is 32.2. The average molecular weight is 627 g/mol. The summed E-state index contributed by atoms with van der Waals surface area (Å²) in [7, 11) is -2.92. The molecule has 1 aliphatic rings. The normalized spacial score (nSPS) is 15.4. The van der Waals surface area contributed by atoms with Gasteiger partial charge in [-0.15, -0.1) is 27.5 Å². The van der Waals surface area contributed by atoms with E-state index in [1.165, 1.54) is 26.1 Å². The van der Waals surface area contributed by atoms with E-state index in [9.17, 15) is 8.42 Å². The van der Waals surface area contributed by atoms with Gasteiger partial charge in [-0.2, -0.15) is 5.21 Å². The number of aryl methyl sites for hydroxylation is 2. The van der Waals surface area contributed by atoms with Crippen LogP contribution in [-0.4, -0.2) is 46.7 Å². The van der Waals surface area contributed by atoms with Crippen LogP contribution in [-0.2, 0) is 22.9 Å². The smallest absolute Gasteiger partial charge is 0.176 e. The molecule has 1 aliphatic heterocycles. The molecule has 0 aliphatic carbocycles. The van der Waals surface area contributed by atoms with Crippen LogP contribution in [0.5, 0.6) is 11.5 Å². The number of rotatable bonds is 9. The first-order valence-corrected chi connectivity index (χ1v) is 17.3. The number of aromatic amines is 1. The quantitative estimate of drug-likeness (QED) is 0.184. The van der Waals surface area contributed by atoms with Crippen LogP contribution in [0, 0.1) is 25.7 Å². The van der Waals surface area contributed by atoms with E-state index in [4.69, 9.17) is 9.47 Å². The number of aromatic nitrogens is 4. The maximum atomic E-state index is 11.8. The number of tetrazole rings is 1. The highest BCUT2D eigenvalue weighted by molar-refractivity contribution is 7.91. The lowest BCUT2D eigenvalue weighted by atomic mass is 9.96. The zero-order valence-corrected chi connectivity index (χ0v) is 26.6. The van der Waals surface area contributed by atoms with Gasteiger partial charge in [0.1, 0.15) is 24.2 Å². The highest BCUT2D eigenvalue weighted by Crippen LogP contribution is 2.41. The summed E-state index contributed by atoms with van der Waals surface area (Å²) < 4.78 is 37.2. The van der Waals surface area contributed by atoms with Gasteiger partial charge in [-0.1, -0.05) is 35.4 Å². The number of sulfone groups is 1. The Morgan fingerprint density at radius 2 is 1.80 bits per heavy atom. The van der Waals surface area contributed by atoms with Gasteiger partial charge in [-0.05, 0) is 92.3 Å². The molecule has 1 saturated heterocycles. The van der Waals surface area contributed by atoms with E-state index in [1.54, 1.807) is 11.3 Å². The fourth-order valence-corrected chi connectivity index (χ4v) is 8.21. The first-order valence-electron chi connectivity index (χ1n) is 14.7. The molecule has 0 radical (unpaired) electrons. The van der Waals surface area contributed by atoms with Gasteiger partial charge in [-0.3, -0.25) is 0 Å². The van der Waals surface area contributed by atoms with Crippen molar-refractivity contribution < 1.29 is 17.9 Å². The summed E-state index contributed by atoms with van der Waals surface area (Å²) in [4.78, 5) is 1.26. The molecule has 1 atom stereocenters. The van der Waals surface area contributed by atoms with E-state index in [2.05, 4.69) is 76.6 Å². The van der Waals surface area contributed by atoms with Crippen molar-refractivity contribution in [3.63, 3.8) is 0 Å². The number of H-pyrrole nitrogens is 1. The molecule has 1 fully saturated rings. The van der Waals surface area contributed by atoms with Crippen molar-refractivity contribution in [1.82, 2.24) is 20.6 Å². The summed E-state index contributed by atoms with van der Waals surface area (Å²) in [5, 5.41) is 15.5. The van der Waals surface area contributed by atoms with Crippen LogP contribution in [0.2, 0.25) is 0 Å². The number of benzene rings is 3. The lowest BCUT2D eigenvalue weighted by Crippen LogP contribution is -2.30. The Morgan fingerprint density at radius 3 is 2.50 bits per heavy atom. The summed E-state index contributed by atoms with van der Waals surface area (Å²) >= 11 is 1.79. The number of nitrogens with zero attached hydrogens (tertiary/aromatic N) is 3. The third-order valence-electron chi connectivity index (χ3n) is 7.98. The van der Waals surface area contributed by atoms with Crippen molar-refractivity contribution in [2.24, 2.45) is 0 Å². The minimum absolute atomic E-state index is 0.0236. The molecule has 0 amide bonds. The predicted octanol–water partition coefficient (Wildman–Crippen LogP) is 6.58. The topological polar surface area (TPSA) is 107 Å². The fraction of sp³-hybridized carbons (Fsp3) is 0.324. The van der Waals surface area contributed by atoms with Gasteiger partial charge < -0.3 is 9.47 Å². The summed E-state index contributed by atoms with van der Waals surface area (Å²) in [6, 6.07) is 20.8. The summed E-state index contributed by atoms with van der Waals surface area (Å²) in [6.45, 7) is 6.55. The van der Waals surface area contributed by atoms with Gasteiger partial charge in [0.2, 0.25) is 0 Å². The van der Waals surface area contributed by atoms with E-state index in [0.29, 0.717) is 31.7 Å². The number of nitrogens with one attached hydrogen (secondary N) is 1. The van der Waals surface area contributed by atoms with E-state index >= 15 is 0 Å². The molecule has 0 saturated carbocycles. The van der Waals surface area contributed by atoms with Gasteiger partial charge in [0, 0.05) is 26.9 Å². The van der Waals surface area contributed by atoms with Crippen molar-refractivity contribution in [2.45, 2.75) is 58.7 Å². The molecule has 1 unspecified atom stereocenters. The molecule has 44 heavy (non-hydrogen) atoms. The van der Waals surface area contributed by atoms with E-state index in [-0.39, 0.29) is 23.5 Å². The Balaban J connectivity index is 1.16. The Morgan fingerprint density at radius 1 is 1.02 bits per heavy atom. The Labute approximate surface area is 261 Å². The van der Waals surface area contributed by atoms with Gasteiger partial charge in [0.15, 0.2) is 15.7 Å². The van der Waals surface area contributed by atoms with Crippen LogP contribution in [0.3, 0.4) is 0 Å². The zero-order valence-electron chi connectivity index (χ0n) is 25.0.